The van der Waals surface area contributed by atoms with Gasteiger partial charge in [-0.05, 0) is 13.8 Å². The predicted octanol–water partition coefficient (Wildman–Crippen LogP) is 0.0229. The summed E-state index contributed by atoms with van der Waals surface area (Å²) in [5, 5.41) is 8.19. The maximum absolute atomic E-state index is 8.19. The summed E-state index contributed by atoms with van der Waals surface area (Å²) in [6.45, 7) is 4.46. The minimum Gasteiger partial charge on any atom is -0.394 e. The molecule has 0 atom stereocenters. The number of aliphatic hydroxyl groups excluding tert-OH is 1. The van der Waals surface area contributed by atoms with E-state index in [1.807, 2.05) is 13.8 Å². The van der Waals surface area contributed by atoms with Gasteiger partial charge in [0.25, 0.3) is 0 Å². The average Bonchev–Trinajstić information content (AvgIpc) is 1.61. The van der Waals surface area contributed by atoms with Crippen molar-refractivity contribution in [1.82, 2.24) is 0 Å². The van der Waals surface area contributed by atoms with Crippen molar-refractivity contribution in [2.45, 2.75) is 20.0 Å². The Kier molecular flexibility index (Phi) is 9.50. The third-order valence-electron chi connectivity index (χ3n) is 0.542. The Balaban J connectivity index is 0. The summed E-state index contributed by atoms with van der Waals surface area (Å²) in [5.41, 5.74) is 0. The molecule has 0 amide bonds. The minimum atomic E-state index is 0. The van der Waals surface area contributed by atoms with Gasteiger partial charge in [-0.3, -0.25) is 0 Å². The van der Waals surface area contributed by atoms with Gasteiger partial charge in [0.1, 0.15) is 0 Å². The Morgan fingerprint density at radius 3 is 2.12 bits per heavy atom. The lowest BCUT2D eigenvalue weighted by Gasteiger charge is -2.02. The Labute approximate surface area is 52.4 Å². The zero-order valence-electron chi connectivity index (χ0n) is 5.42. The van der Waals surface area contributed by atoms with E-state index < -0.39 is 0 Å². The van der Waals surface area contributed by atoms with Crippen LogP contribution in [-0.4, -0.2) is 32.8 Å². The zero-order valence-corrected chi connectivity index (χ0v) is 5.42. The van der Waals surface area contributed by atoms with E-state index in [1.54, 1.807) is 0 Å². The van der Waals surface area contributed by atoms with E-state index in [4.69, 9.17) is 9.84 Å². The Morgan fingerprint density at radius 1 is 1.50 bits per heavy atom. The lowest BCUT2D eigenvalue weighted by molar-refractivity contribution is 0.0494. The van der Waals surface area contributed by atoms with E-state index in [9.17, 15) is 0 Å². The van der Waals surface area contributed by atoms with Crippen molar-refractivity contribution in [3.63, 3.8) is 0 Å². The lowest BCUT2D eigenvalue weighted by Crippen LogP contribution is -2.06. The van der Waals surface area contributed by atoms with Crippen molar-refractivity contribution in [1.29, 1.82) is 0 Å². The van der Waals surface area contributed by atoms with Crippen molar-refractivity contribution in [3.05, 3.63) is 0 Å². The second-order valence-electron chi connectivity index (χ2n) is 1.64. The fraction of sp³-hybridized carbons (Fsp3) is 1.00. The van der Waals surface area contributed by atoms with Crippen LogP contribution in [0.4, 0.5) is 0 Å². The normalized spacial score (nSPS) is 9.00. The van der Waals surface area contributed by atoms with Crippen molar-refractivity contribution in [2.24, 2.45) is 0 Å². The van der Waals surface area contributed by atoms with Crippen LogP contribution in [0.15, 0.2) is 0 Å². The monoisotopic (exact) mass is 115 g/mol. The van der Waals surface area contributed by atoms with Gasteiger partial charge in [-0.2, -0.15) is 0 Å². The van der Waals surface area contributed by atoms with Crippen LogP contribution in [0, 0.1) is 0 Å². The topological polar surface area (TPSA) is 29.5 Å². The highest BCUT2D eigenvalue weighted by Gasteiger charge is 1.87. The summed E-state index contributed by atoms with van der Waals surface area (Å²) >= 11 is 0. The first-order chi connectivity index (χ1) is 3.27. The van der Waals surface area contributed by atoms with Crippen molar-refractivity contribution in [3.8, 4) is 0 Å². The van der Waals surface area contributed by atoms with Gasteiger partial charge in [0.05, 0.1) is 19.3 Å². The van der Waals surface area contributed by atoms with Crippen LogP contribution in [-0.2, 0) is 4.74 Å². The van der Waals surface area contributed by atoms with Gasteiger partial charge in [0.2, 0.25) is 0 Å². The summed E-state index contributed by atoms with van der Waals surface area (Å²) in [6.07, 6.45) is 0.243. The number of hydrogen-bond donors (Lipinski definition) is 1. The van der Waals surface area contributed by atoms with Gasteiger partial charge in [-0.15, -0.1) is 0 Å². The molecule has 2 nitrogen and oxygen atoms in total. The molecule has 0 unspecified atom stereocenters. The third-order valence-corrected chi connectivity index (χ3v) is 0.542. The predicted molar refractivity (Wildman–Crippen MR) is 33.9 cm³/mol. The molecule has 0 rings (SSSR count). The highest BCUT2D eigenvalue weighted by molar-refractivity contribution is 5.75. The fourth-order valence-corrected chi connectivity index (χ4v) is 0.288. The van der Waals surface area contributed by atoms with E-state index in [2.05, 4.69) is 0 Å². The summed E-state index contributed by atoms with van der Waals surface area (Å²) in [7, 11) is 0. The van der Waals surface area contributed by atoms with Gasteiger partial charge >= 0.3 is 0 Å². The second kappa shape index (κ2) is 6.98. The third kappa shape index (κ3) is 9.37. The van der Waals surface area contributed by atoms with Gasteiger partial charge in [-0.25, -0.2) is 0 Å². The highest BCUT2D eigenvalue weighted by Crippen LogP contribution is 1.83. The van der Waals surface area contributed by atoms with Gasteiger partial charge < -0.3 is 9.84 Å². The highest BCUT2D eigenvalue weighted by atomic mass is 16.5. The summed E-state index contributed by atoms with van der Waals surface area (Å²) in [6, 6.07) is 0. The summed E-state index contributed by atoms with van der Waals surface area (Å²) in [5.74, 6) is 0. The molecule has 0 aromatic rings. The van der Waals surface area contributed by atoms with E-state index >= 15 is 0 Å². The van der Waals surface area contributed by atoms with Crippen molar-refractivity contribution < 1.29 is 9.84 Å². The van der Waals surface area contributed by atoms with Crippen LogP contribution >= 0.6 is 0 Å². The molecule has 0 fully saturated rings. The Hall–Kier alpha value is -0.0151. The van der Waals surface area contributed by atoms with Crippen LogP contribution in [0.3, 0.4) is 0 Å². The number of rotatable bonds is 3. The molecule has 8 heavy (non-hydrogen) atoms. The summed E-state index contributed by atoms with van der Waals surface area (Å²) < 4.78 is 4.94. The molecule has 0 aromatic heterocycles. The maximum atomic E-state index is 8.19. The lowest BCUT2D eigenvalue weighted by atomic mass is 10.5. The molecule has 1 N–H and O–H groups in total. The van der Waals surface area contributed by atoms with Gasteiger partial charge in [0.15, 0.2) is 0 Å². The van der Waals surface area contributed by atoms with Gasteiger partial charge in [0, 0.05) is 8.41 Å². The molecule has 0 heterocycles. The molecule has 0 saturated carbocycles. The quantitative estimate of drug-likeness (QED) is 0.525. The van der Waals surface area contributed by atoms with Crippen LogP contribution in [0.1, 0.15) is 13.8 Å². The van der Waals surface area contributed by atoms with Crippen molar-refractivity contribution >= 4 is 8.41 Å². The molecule has 0 spiro atoms. The average molecular weight is 115 g/mol. The number of ether oxygens (including phenoxy) is 1. The second-order valence-corrected chi connectivity index (χ2v) is 1.64. The Morgan fingerprint density at radius 2 is 2.00 bits per heavy atom. The molecule has 0 saturated heterocycles. The largest absolute Gasteiger partial charge is 0.394 e. The zero-order chi connectivity index (χ0) is 5.70. The number of hydrogen-bond acceptors (Lipinski definition) is 2. The maximum Gasteiger partial charge on any atom is 0.0701 e. The minimum absolute atomic E-state index is 0. The molecular weight excluding hydrogens is 103 g/mol. The van der Waals surface area contributed by atoms with Crippen molar-refractivity contribution in [2.75, 3.05) is 13.2 Å². The van der Waals surface area contributed by atoms with Crippen LogP contribution in [0.5, 0.6) is 0 Å². The van der Waals surface area contributed by atoms with Crippen LogP contribution < -0.4 is 0 Å². The van der Waals surface area contributed by atoms with Gasteiger partial charge in [-0.1, -0.05) is 0 Å². The molecule has 47 valence electrons. The van der Waals surface area contributed by atoms with Crippen LogP contribution in [0.2, 0.25) is 0 Å². The molecule has 3 radical (unpaired) electrons. The van der Waals surface area contributed by atoms with E-state index in [0.717, 1.165) is 0 Å². The first-order valence-electron chi connectivity index (χ1n) is 2.50. The summed E-state index contributed by atoms with van der Waals surface area (Å²) in [4.78, 5) is 0. The smallest absolute Gasteiger partial charge is 0.0701 e. The van der Waals surface area contributed by atoms with Crippen LogP contribution in [0.25, 0.3) is 0 Å². The molecule has 0 aliphatic rings. The fourth-order valence-electron chi connectivity index (χ4n) is 0.288. The SMILES string of the molecule is CC(C)OCCO.[B]. The van der Waals surface area contributed by atoms with E-state index in [-0.39, 0.29) is 21.1 Å². The molecule has 0 aliphatic heterocycles. The standard InChI is InChI=1S/C5H12O2.B/c1-5(2)7-4-3-6;/h5-6H,3-4H2,1-2H3;. The Bertz CT molecular complexity index is 39.4. The number of aliphatic hydroxyl groups is 1. The molecule has 0 aliphatic carbocycles. The molecule has 0 aromatic carbocycles. The molecule has 0 bridgehead atoms. The van der Waals surface area contributed by atoms with E-state index in [0.29, 0.717) is 6.61 Å². The first-order valence-corrected chi connectivity index (χ1v) is 2.50. The molecular formula is C5H12BO2. The van der Waals surface area contributed by atoms with E-state index in [1.165, 1.54) is 0 Å². The first kappa shape index (κ1) is 10.9. The molecule has 3 heteroatoms.